The minimum Gasteiger partial charge on any atom is -0.495 e. The molecule has 1 amide bonds. The minimum absolute atomic E-state index is 0.0702. The molecule has 1 unspecified atom stereocenters. The van der Waals surface area contributed by atoms with Crippen LogP contribution in [0.15, 0.2) is 71.9 Å². The Labute approximate surface area is 224 Å². The number of benzene rings is 2. The molecular formula is C28H30F3N5O3. The summed E-state index contributed by atoms with van der Waals surface area (Å²) in [6.07, 6.45) is -0.311. The molecule has 1 fully saturated rings. The highest BCUT2D eigenvalue weighted by molar-refractivity contribution is 5.99. The van der Waals surface area contributed by atoms with Gasteiger partial charge in [0.1, 0.15) is 11.5 Å². The molecule has 0 aromatic heterocycles. The van der Waals surface area contributed by atoms with Crippen molar-refractivity contribution in [1.29, 1.82) is 0 Å². The molecular weight excluding hydrogens is 511 g/mol. The molecule has 0 bridgehead atoms. The van der Waals surface area contributed by atoms with Gasteiger partial charge >= 0.3 is 6.18 Å². The number of piperidine rings is 1. The zero-order valence-electron chi connectivity index (χ0n) is 21.6. The zero-order valence-corrected chi connectivity index (χ0v) is 21.6. The highest BCUT2D eigenvalue weighted by Gasteiger charge is 2.40. The third-order valence-electron chi connectivity index (χ3n) is 6.83. The number of amides is 1. The predicted molar refractivity (Wildman–Crippen MR) is 145 cm³/mol. The number of anilines is 3. The van der Waals surface area contributed by atoms with Crippen molar-refractivity contribution in [3.63, 3.8) is 0 Å². The van der Waals surface area contributed by atoms with Crippen LogP contribution in [0, 0.1) is 5.92 Å². The van der Waals surface area contributed by atoms with E-state index in [-0.39, 0.29) is 11.7 Å². The molecule has 2 heterocycles. The summed E-state index contributed by atoms with van der Waals surface area (Å²) in [5.41, 5.74) is 1.30. The number of nitrogens with zero attached hydrogens (tertiary/aromatic N) is 2. The molecule has 2 aromatic rings. The lowest BCUT2D eigenvalue weighted by atomic mass is 9.93. The smallest absolute Gasteiger partial charge is 0.419 e. The maximum absolute atomic E-state index is 13.4. The Bertz CT molecular complexity index is 1320. The Hall–Kier alpha value is -4.28. The molecule has 2 aromatic carbocycles. The number of halogens is 3. The first-order chi connectivity index (χ1) is 18.5. The maximum atomic E-state index is 13.4. The van der Waals surface area contributed by atoms with Crippen LogP contribution in [0.25, 0.3) is 0 Å². The fraction of sp³-hybridized carbons (Fsp3) is 0.321. The lowest BCUT2D eigenvalue weighted by Crippen LogP contribution is -2.47. The molecule has 2 aliphatic heterocycles. The number of rotatable bonds is 8. The zero-order chi connectivity index (χ0) is 28.2. The minimum atomic E-state index is -4.59. The topological polar surface area (TPSA) is 95.1 Å². The third kappa shape index (κ3) is 6.24. The second kappa shape index (κ2) is 11.2. The summed E-state index contributed by atoms with van der Waals surface area (Å²) in [6.45, 7) is 6.51. The number of ether oxygens (including phenoxy) is 1. The van der Waals surface area contributed by atoms with Gasteiger partial charge in [-0.25, -0.2) is 4.99 Å². The van der Waals surface area contributed by atoms with Gasteiger partial charge in [-0.15, -0.1) is 0 Å². The Kier molecular flexibility index (Phi) is 7.98. The van der Waals surface area contributed by atoms with Crippen molar-refractivity contribution in [3.8, 4) is 5.75 Å². The quantitative estimate of drug-likeness (QED) is 0.409. The number of hydrogen-bond acceptors (Lipinski definition) is 7. The first kappa shape index (κ1) is 27.7. The molecule has 8 nitrogen and oxygen atoms in total. The molecule has 0 radical (unpaired) electrons. The van der Waals surface area contributed by atoms with Crippen molar-refractivity contribution in [2.45, 2.75) is 31.7 Å². The van der Waals surface area contributed by atoms with Crippen molar-refractivity contribution >= 4 is 35.0 Å². The molecule has 3 N–H and O–H groups in total. The molecule has 39 heavy (non-hydrogen) atoms. The summed E-state index contributed by atoms with van der Waals surface area (Å²) >= 11 is 0. The van der Waals surface area contributed by atoms with E-state index in [4.69, 9.17) is 4.74 Å². The maximum Gasteiger partial charge on any atom is 0.419 e. The van der Waals surface area contributed by atoms with Gasteiger partial charge in [-0.2, -0.15) is 13.2 Å². The van der Waals surface area contributed by atoms with E-state index in [2.05, 4.69) is 32.4 Å². The van der Waals surface area contributed by atoms with Gasteiger partial charge in [0.2, 0.25) is 11.7 Å². The summed E-state index contributed by atoms with van der Waals surface area (Å²) in [4.78, 5) is 30.0. The van der Waals surface area contributed by atoms with Crippen molar-refractivity contribution in [2.75, 3.05) is 35.7 Å². The van der Waals surface area contributed by atoms with E-state index in [0.717, 1.165) is 50.1 Å². The van der Waals surface area contributed by atoms with Crippen LogP contribution >= 0.6 is 0 Å². The third-order valence-corrected chi connectivity index (χ3v) is 6.83. The standard InChI is InChI=1S/C28H30F3N5O3/c1-4-26(38)34-22-7-5-6-20(14-22)28(32-16-21(17-33-28)27(29,30)31)35-24-9-8-23(15-25(24)39-3)36-12-10-19(11-13-36)18(2)37/h4-9,14-17,19,32,35H,1,10-13H2,2-3H3,(H,34,38). The SMILES string of the molecule is C=CC(=O)Nc1cccc(C2(Nc3ccc(N4CCC(C(C)=O)CC4)cc3OC)N=CC(C(F)(F)F)=CN2)c1. The van der Waals surface area contributed by atoms with Crippen LogP contribution in [0.4, 0.5) is 30.2 Å². The lowest BCUT2D eigenvalue weighted by Gasteiger charge is -2.36. The van der Waals surface area contributed by atoms with Crippen LogP contribution in [0.2, 0.25) is 0 Å². The highest BCUT2D eigenvalue weighted by Crippen LogP contribution is 2.38. The number of methoxy groups -OCH3 is 1. The molecule has 0 spiro atoms. The summed E-state index contributed by atoms with van der Waals surface area (Å²) in [7, 11) is 1.50. The van der Waals surface area contributed by atoms with Crippen molar-refractivity contribution in [3.05, 3.63) is 72.5 Å². The second-order valence-corrected chi connectivity index (χ2v) is 9.37. The molecule has 2 aliphatic rings. The van der Waals surface area contributed by atoms with E-state index in [1.54, 1.807) is 37.3 Å². The molecule has 1 atom stereocenters. The van der Waals surface area contributed by atoms with Crippen LogP contribution < -0.4 is 25.6 Å². The summed E-state index contributed by atoms with van der Waals surface area (Å²) in [6, 6.07) is 12.1. The van der Waals surface area contributed by atoms with E-state index in [0.29, 0.717) is 22.7 Å². The van der Waals surface area contributed by atoms with Crippen molar-refractivity contribution in [2.24, 2.45) is 10.9 Å². The summed E-state index contributed by atoms with van der Waals surface area (Å²) < 4.78 is 45.7. The van der Waals surface area contributed by atoms with E-state index in [1.165, 1.54) is 7.11 Å². The van der Waals surface area contributed by atoms with Crippen molar-refractivity contribution < 1.29 is 27.5 Å². The summed E-state index contributed by atoms with van der Waals surface area (Å²) in [5, 5.41) is 8.63. The summed E-state index contributed by atoms with van der Waals surface area (Å²) in [5.74, 6) is -1.25. The van der Waals surface area contributed by atoms with E-state index in [1.807, 2.05) is 12.1 Å². The Balaban J connectivity index is 1.66. The van der Waals surface area contributed by atoms with Crippen LogP contribution in [-0.2, 0) is 15.4 Å². The molecule has 0 saturated carbocycles. The highest BCUT2D eigenvalue weighted by atomic mass is 19.4. The number of hydrogen-bond donors (Lipinski definition) is 3. The number of carbonyl (C=O) groups is 2. The molecule has 206 valence electrons. The first-order valence-corrected chi connectivity index (χ1v) is 12.4. The normalized spacial score (nSPS) is 19.5. The van der Waals surface area contributed by atoms with Crippen LogP contribution in [0.3, 0.4) is 0 Å². The largest absolute Gasteiger partial charge is 0.495 e. The first-order valence-electron chi connectivity index (χ1n) is 12.4. The van der Waals surface area contributed by atoms with Gasteiger partial charge in [0.05, 0.1) is 18.4 Å². The lowest BCUT2D eigenvalue weighted by molar-refractivity contribution is -0.121. The average Bonchev–Trinajstić information content (AvgIpc) is 2.93. The van der Waals surface area contributed by atoms with Gasteiger partial charge in [0, 0.05) is 54.4 Å². The fourth-order valence-corrected chi connectivity index (χ4v) is 4.61. The Morgan fingerprint density at radius 2 is 1.95 bits per heavy atom. The van der Waals surface area contributed by atoms with E-state index < -0.39 is 23.4 Å². The molecule has 4 rings (SSSR count). The molecule has 1 saturated heterocycles. The number of aliphatic imine (C=N–C) groups is 1. The number of allylic oxidation sites excluding steroid dienone is 1. The van der Waals surface area contributed by atoms with E-state index >= 15 is 0 Å². The average molecular weight is 542 g/mol. The van der Waals surface area contributed by atoms with Gasteiger partial charge in [-0.05, 0) is 50.1 Å². The van der Waals surface area contributed by atoms with Gasteiger partial charge in [0.15, 0.2) is 0 Å². The molecule has 11 heteroatoms. The number of carbonyl (C=O) groups excluding carboxylic acids is 2. The second-order valence-electron chi connectivity index (χ2n) is 9.37. The number of Topliss-reactive ketones (excluding diaryl/α,β-unsaturated/α-hetero) is 1. The number of ketones is 1. The van der Waals surface area contributed by atoms with E-state index in [9.17, 15) is 22.8 Å². The van der Waals surface area contributed by atoms with Crippen LogP contribution in [-0.4, -0.2) is 44.3 Å². The van der Waals surface area contributed by atoms with Crippen LogP contribution in [0.1, 0.15) is 25.3 Å². The van der Waals surface area contributed by atoms with Gasteiger partial charge < -0.3 is 25.6 Å². The Morgan fingerprint density at radius 1 is 1.21 bits per heavy atom. The fourth-order valence-electron chi connectivity index (χ4n) is 4.61. The Morgan fingerprint density at radius 3 is 2.54 bits per heavy atom. The predicted octanol–water partition coefficient (Wildman–Crippen LogP) is 4.97. The number of alkyl halides is 3. The number of nitrogens with one attached hydrogen (secondary N) is 3. The van der Waals surface area contributed by atoms with Gasteiger partial charge in [0.25, 0.3) is 0 Å². The van der Waals surface area contributed by atoms with Crippen LogP contribution in [0.5, 0.6) is 5.75 Å². The van der Waals surface area contributed by atoms with Crippen molar-refractivity contribution in [1.82, 2.24) is 5.32 Å². The molecule has 0 aliphatic carbocycles. The van der Waals surface area contributed by atoms with Gasteiger partial charge in [-0.1, -0.05) is 18.7 Å². The monoisotopic (exact) mass is 541 g/mol. The van der Waals surface area contributed by atoms with Gasteiger partial charge in [-0.3, -0.25) is 9.59 Å².